The molecule has 5 saturated carbocycles. The molecule has 0 amide bonds. The van der Waals surface area contributed by atoms with E-state index in [0.29, 0.717) is 17.8 Å². The van der Waals surface area contributed by atoms with Gasteiger partial charge in [0, 0.05) is 11.3 Å². The number of ether oxygens (including phenoxy) is 4. The van der Waals surface area contributed by atoms with Crippen molar-refractivity contribution in [2.24, 2.45) is 50.7 Å². The van der Waals surface area contributed by atoms with Gasteiger partial charge in [0.25, 0.3) is 0 Å². The van der Waals surface area contributed by atoms with Gasteiger partial charge in [0.15, 0.2) is 12.1 Å². The molecule has 3 aliphatic heterocycles. The van der Waals surface area contributed by atoms with Crippen LogP contribution in [-0.4, -0.2) is 92.5 Å². The van der Waals surface area contributed by atoms with Crippen molar-refractivity contribution in [3.05, 3.63) is 0 Å². The third kappa shape index (κ3) is 3.38. The Labute approximate surface area is 262 Å². The van der Waals surface area contributed by atoms with Gasteiger partial charge in [-0.2, -0.15) is 0 Å². The Hall–Kier alpha value is -0.360. The van der Waals surface area contributed by atoms with Crippen LogP contribution in [0.4, 0.5) is 0 Å². The first kappa shape index (κ1) is 30.9. The average Bonchev–Trinajstić information content (AvgIpc) is 3.45. The highest BCUT2D eigenvalue weighted by Crippen LogP contribution is 2.90. The highest BCUT2D eigenvalue weighted by atomic mass is 16.8. The van der Waals surface area contributed by atoms with Crippen LogP contribution < -0.4 is 0 Å². The number of rotatable bonds is 3. The fourth-order valence-corrected chi connectivity index (χ4v) is 14.0. The van der Waals surface area contributed by atoms with Crippen LogP contribution in [0.3, 0.4) is 0 Å². The Kier molecular flexibility index (Phi) is 6.33. The largest absolute Gasteiger partial charge is 0.388 e. The van der Waals surface area contributed by atoms with E-state index in [1.807, 2.05) is 0 Å². The van der Waals surface area contributed by atoms with Crippen molar-refractivity contribution in [3.63, 3.8) is 0 Å². The highest BCUT2D eigenvalue weighted by Gasteiger charge is 2.88. The molecule has 3 spiro atoms. The number of aliphatic hydroxyl groups excluding tert-OH is 4. The van der Waals surface area contributed by atoms with E-state index in [9.17, 15) is 25.5 Å². The summed E-state index contributed by atoms with van der Waals surface area (Å²) in [5, 5.41) is 54.5. The van der Waals surface area contributed by atoms with Gasteiger partial charge >= 0.3 is 0 Å². The Balaban J connectivity index is 1.10. The first-order valence-corrected chi connectivity index (χ1v) is 17.5. The number of hydrogen-bond acceptors (Lipinski definition) is 9. The predicted octanol–water partition coefficient (Wildman–Crippen LogP) is 3.12. The van der Waals surface area contributed by atoms with E-state index >= 15 is 0 Å². The molecule has 3 saturated heterocycles. The third-order valence-electron chi connectivity index (χ3n) is 15.9. The minimum Gasteiger partial charge on any atom is -0.388 e. The smallest absolute Gasteiger partial charge is 0.199 e. The number of hydrogen-bond donors (Lipinski definition) is 5. The summed E-state index contributed by atoms with van der Waals surface area (Å²) in [6, 6.07) is 0. The van der Waals surface area contributed by atoms with Gasteiger partial charge in [-0.3, -0.25) is 0 Å². The summed E-state index contributed by atoms with van der Waals surface area (Å²) >= 11 is 0. The van der Waals surface area contributed by atoms with Crippen LogP contribution in [0.5, 0.6) is 0 Å². The van der Waals surface area contributed by atoms with Gasteiger partial charge in [-0.15, -0.1) is 0 Å². The Bertz CT molecular complexity index is 1200. The maximum atomic E-state index is 12.7. The normalized spacial score (nSPS) is 62.2. The molecule has 3 heterocycles. The zero-order valence-electron chi connectivity index (χ0n) is 27.7. The molecule has 2 bridgehead atoms. The third-order valence-corrected chi connectivity index (χ3v) is 15.9. The summed E-state index contributed by atoms with van der Waals surface area (Å²) in [6.45, 7) is 15.2. The van der Waals surface area contributed by atoms with E-state index in [0.717, 1.165) is 44.9 Å². The lowest BCUT2D eigenvalue weighted by Crippen LogP contribution is -2.61. The fourth-order valence-electron chi connectivity index (χ4n) is 14.0. The van der Waals surface area contributed by atoms with E-state index in [1.54, 1.807) is 13.8 Å². The first-order chi connectivity index (χ1) is 20.4. The van der Waals surface area contributed by atoms with E-state index in [4.69, 9.17) is 18.9 Å². The number of fused-ring (bicyclic) bond motifs is 4. The van der Waals surface area contributed by atoms with E-state index in [2.05, 4.69) is 34.6 Å². The van der Waals surface area contributed by atoms with Crippen molar-refractivity contribution in [2.45, 2.75) is 160 Å². The van der Waals surface area contributed by atoms with Crippen LogP contribution in [0.15, 0.2) is 0 Å². The Morgan fingerprint density at radius 3 is 2.23 bits per heavy atom. The molecule has 250 valence electrons. The van der Waals surface area contributed by atoms with E-state index in [1.165, 1.54) is 6.42 Å². The molecular formula is C35H56O9. The van der Waals surface area contributed by atoms with Crippen LogP contribution in [0.1, 0.15) is 99.8 Å². The highest BCUT2D eigenvalue weighted by molar-refractivity contribution is 5.34. The molecule has 8 fully saturated rings. The quantitative estimate of drug-likeness (QED) is 0.301. The first-order valence-electron chi connectivity index (χ1n) is 17.5. The summed E-state index contributed by atoms with van der Waals surface area (Å²) in [5.41, 5.74) is -1.39. The van der Waals surface area contributed by atoms with Gasteiger partial charge in [0.05, 0.1) is 24.4 Å². The van der Waals surface area contributed by atoms with Gasteiger partial charge in [0.2, 0.25) is 0 Å². The molecule has 0 aromatic heterocycles. The Morgan fingerprint density at radius 2 is 1.52 bits per heavy atom. The van der Waals surface area contributed by atoms with Gasteiger partial charge < -0.3 is 44.5 Å². The second-order valence-corrected chi connectivity index (χ2v) is 18.3. The molecular weight excluding hydrogens is 564 g/mol. The van der Waals surface area contributed by atoms with E-state index in [-0.39, 0.29) is 51.8 Å². The molecule has 0 unspecified atom stereocenters. The molecule has 0 aromatic carbocycles. The molecule has 0 aromatic rings. The van der Waals surface area contributed by atoms with Crippen LogP contribution in [-0.2, 0) is 18.9 Å². The Morgan fingerprint density at radius 1 is 0.841 bits per heavy atom. The van der Waals surface area contributed by atoms with Gasteiger partial charge in [0.1, 0.15) is 30.5 Å². The second-order valence-electron chi connectivity index (χ2n) is 18.3. The lowest BCUT2D eigenvalue weighted by molar-refractivity contribution is -0.303. The summed E-state index contributed by atoms with van der Waals surface area (Å²) in [4.78, 5) is 0. The van der Waals surface area contributed by atoms with Crippen molar-refractivity contribution in [1.29, 1.82) is 0 Å². The van der Waals surface area contributed by atoms with Crippen molar-refractivity contribution in [2.75, 3.05) is 6.61 Å². The number of aliphatic hydroxyl groups is 5. The molecule has 5 N–H and O–H groups in total. The maximum absolute atomic E-state index is 12.7. The van der Waals surface area contributed by atoms with Crippen molar-refractivity contribution >= 4 is 0 Å². The summed E-state index contributed by atoms with van der Waals surface area (Å²) in [6.07, 6.45) is 2.00. The zero-order valence-corrected chi connectivity index (χ0v) is 27.7. The maximum Gasteiger partial charge on any atom is 0.199 e. The molecule has 5 aliphatic carbocycles. The minimum absolute atomic E-state index is 0.0559. The zero-order chi connectivity index (χ0) is 31.6. The SMILES string of the molecule is C[C@H]1C[C@@H]2O[C@]3(O[C@H]2C(C)(C)O)[C@@H](O)[C@]2(C)[C@H]4CC[C@@H]5C(C)(C)[C@H](O[C@H]6OC[C@H](O)[C@@H](O)[C@@H]6O)CC[C@]56C[C@]46CC[C@@]2(C)[C@H]13. The average molecular weight is 621 g/mol. The van der Waals surface area contributed by atoms with Gasteiger partial charge in [-0.05, 0) is 105 Å². The van der Waals surface area contributed by atoms with Crippen molar-refractivity contribution in [1.82, 2.24) is 0 Å². The fraction of sp³-hybridized carbons (Fsp3) is 1.00. The molecule has 8 aliphatic rings. The summed E-state index contributed by atoms with van der Waals surface area (Å²) < 4.78 is 25.8. The standard InChI is InChI=1S/C35H56O9/c1-17-14-19-26(30(4,5)40)44-35(43-19)25(17)31(6)12-13-34-16-33(34)11-10-22(42-27-24(38)23(37)18(36)15-41-27)29(2,3)20(33)8-9-21(34)32(31,7)28(35)39/h17-28,36-40H,8-16H2,1-7H3/t17-,18-,19-,20+,21+,22+,23+,24-,25-,26+,27+,28-,31-,32-,33-,34+,35+/m0/s1. The van der Waals surface area contributed by atoms with Crippen LogP contribution in [0.25, 0.3) is 0 Å². The monoisotopic (exact) mass is 620 g/mol. The molecule has 44 heavy (non-hydrogen) atoms. The van der Waals surface area contributed by atoms with Gasteiger partial charge in [-0.25, -0.2) is 0 Å². The van der Waals surface area contributed by atoms with Crippen LogP contribution in [0.2, 0.25) is 0 Å². The van der Waals surface area contributed by atoms with Gasteiger partial charge in [-0.1, -0.05) is 34.6 Å². The molecule has 9 nitrogen and oxygen atoms in total. The second kappa shape index (κ2) is 9.00. The van der Waals surface area contributed by atoms with Crippen LogP contribution >= 0.6 is 0 Å². The topological polar surface area (TPSA) is 138 Å². The van der Waals surface area contributed by atoms with Crippen molar-refractivity contribution in [3.8, 4) is 0 Å². The van der Waals surface area contributed by atoms with Crippen LogP contribution in [0, 0.1) is 50.7 Å². The van der Waals surface area contributed by atoms with E-state index < -0.39 is 48.2 Å². The minimum atomic E-state index is -1.28. The van der Waals surface area contributed by atoms with Crippen molar-refractivity contribution < 1.29 is 44.5 Å². The lowest BCUT2D eigenvalue weighted by Gasteiger charge is -2.63. The summed E-state index contributed by atoms with van der Waals surface area (Å²) in [5.74, 6) is 0.108. The summed E-state index contributed by atoms with van der Waals surface area (Å²) in [7, 11) is 0. The molecule has 9 heteroatoms. The molecule has 0 radical (unpaired) electrons. The lowest BCUT2D eigenvalue weighted by atomic mass is 9.41. The molecule has 8 rings (SSSR count). The molecule has 17 atom stereocenters. The predicted molar refractivity (Wildman–Crippen MR) is 159 cm³/mol.